The number of furan rings is 1. The summed E-state index contributed by atoms with van der Waals surface area (Å²) in [4.78, 5) is 26.2. The number of nitrogens with two attached hydrogens (primary N) is 1. The van der Waals surface area contributed by atoms with Crippen LogP contribution in [0, 0.1) is 10.1 Å². The summed E-state index contributed by atoms with van der Waals surface area (Å²) in [5.41, 5.74) is 5.85. The molecule has 1 aromatic carbocycles. The second-order valence-electron chi connectivity index (χ2n) is 3.69. The first kappa shape index (κ1) is 13.3. The summed E-state index contributed by atoms with van der Waals surface area (Å²) >= 11 is 0. The Bertz CT molecular complexity index is 663. The van der Waals surface area contributed by atoms with E-state index in [4.69, 9.17) is 10.2 Å². The Morgan fingerprint density at radius 1 is 1.35 bits per heavy atom. The highest BCUT2D eigenvalue weighted by Crippen LogP contribution is 2.11. The third kappa shape index (κ3) is 2.99. The fourth-order valence-electron chi connectivity index (χ4n) is 1.39. The number of carbonyl (C=O) groups is 1. The Morgan fingerprint density at radius 3 is 2.80 bits per heavy atom. The molecule has 0 atom stereocenters. The van der Waals surface area contributed by atoms with Gasteiger partial charge in [0.15, 0.2) is 0 Å². The number of hydrogen-bond donors (Lipinski definition) is 2. The molecule has 0 saturated heterocycles. The largest absolute Gasteiger partial charge is 0.457 e. The zero-order valence-electron chi connectivity index (χ0n) is 10.1. The molecule has 20 heavy (non-hydrogen) atoms. The highest BCUT2D eigenvalue weighted by molar-refractivity contribution is 5.93. The second-order valence-corrected chi connectivity index (χ2v) is 3.69. The van der Waals surface area contributed by atoms with E-state index >= 15 is 0 Å². The number of nitrogens with one attached hydrogen (secondary N) is 1. The highest BCUT2D eigenvalue weighted by atomic mass is 16.7. The van der Waals surface area contributed by atoms with Gasteiger partial charge in [0.1, 0.15) is 0 Å². The van der Waals surface area contributed by atoms with E-state index in [9.17, 15) is 14.9 Å². The van der Waals surface area contributed by atoms with Gasteiger partial charge < -0.3 is 4.42 Å². The van der Waals surface area contributed by atoms with Crippen molar-refractivity contribution in [3.8, 4) is 0 Å². The van der Waals surface area contributed by atoms with E-state index in [1.54, 1.807) is 0 Å². The molecule has 2 aromatic rings. The van der Waals surface area contributed by atoms with Crippen molar-refractivity contribution in [2.75, 3.05) is 0 Å². The molecule has 0 spiro atoms. The lowest BCUT2D eigenvalue weighted by Crippen LogP contribution is -2.75. The Kier molecular flexibility index (Phi) is 3.75. The molecular formula is C12H10N3O5+. The standard InChI is InChI=1S/C12H9N3O5/c13-11(8-3-1-4-9(7-8)15(17)18)14-20-12(16)10-5-2-6-19-10/h1-7H,(H2,13,14)/p+1. The van der Waals surface area contributed by atoms with Crippen LogP contribution in [0.25, 0.3) is 0 Å². The maximum atomic E-state index is 11.5. The average Bonchev–Trinajstić information content (AvgIpc) is 2.98. The monoisotopic (exact) mass is 276 g/mol. The van der Waals surface area contributed by atoms with Gasteiger partial charge in [0.2, 0.25) is 5.76 Å². The maximum absolute atomic E-state index is 11.5. The Morgan fingerprint density at radius 2 is 2.15 bits per heavy atom. The summed E-state index contributed by atoms with van der Waals surface area (Å²) in [6.45, 7) is 0. The fourth-order valence-corrected chi connectivity index (χ4v) is 1.39. The maximum Gasteiger partial charge on any atom is 0.422 e. The van der Waals surface area contributed by atoms with Crippen molar-refractivity contribution in [1.82, 2.24) is 0 Å². The van der Waals surface area contributed by atoms with Crippen molar-refractivity contribution in [3.05, 3.63) is 64.1 Å². The SMILES string of the molecule is NC(=[NH+]OC(=O)c1ccco1)c1cccc([N+](=O)[O-])c1. The quantitative estimate of drug-likeness (QED) is 0.261. The lowest BCUT2D eigenvalue weighted by Gasteiger charge is -1.96. The third-order valence-electron chi connectivity index (χ3n) is 2.34. The van der Waals surface area contributed by atoms with Crippen LogP contribution in [0.2, 0.25) is 0 Å². The minimum absolute atomic E-state index is 0.00402. The number of nitro groups is 1. The van der Waals surface area contributed by atoms with Crippen LogP contribution >= 0.6 is 0 Å². The van der Waals surface area contributed by atoms with Crippen molar-refractivity contribution < 1.29 is 24.1 Å². The molecule has 0 saturated carbocycles. The van der Waals surface area contributed by atoms with Crippen LogP contribution in [0.3, 0.4) is 0 Å². The van der Waals surface area contributed by atoms with E-state index in [-0.39, 0.29) is 17.3 Å². The Balaban J connectivity index is 2.12. The van der Waals surface area contributed by atoms with Gasteiger partial charge in [0, 0.05) is 12.1 Å². The molecule has 0 bridgehead atoms. The van der Waals surface area contributed by atoms with Gasteiger partial charge >= 0.3 is 11.8 Å². The molecule has 1 aromatic heterocycles. The van der Waals surface area contributed by atoms with Crippen molar-refractivity contribution in [2.45, 2.75) is 0 Å². The molecule has 3 N–H and O–H groups in total. The topological polar surface area (TPSA) is 123 Å². The van der Waals surface area contributed by atoms with Crippen LogP contribution in [-0.4, -0.2) is 16.7 Å². The van der Waals surface area contributed by atoms with Crippen LogP contribution < -0.4 is 10.9 Å². The lowest BCUT2D eigenvalue weighted by molar-refractivity contribution is -0.721. The molecule has 8 heteroatoms. The van der Waals surface area contributed by atoms with Gasteiger partial charge in [-0.15, -0.1) is 0 Å². The zero-order chi connectivity index (χ0) is 14.5. The first-order chi connectivity index (χ1) is 9.58. The highest BCUT2D eigenvalue weighted by Gasteiger charge is 2.15. The number of nitro benzene ring substituents is 1. The molecule has 0 aliphatic carbocycles. The second kappa shape index (κ2) is 5.65. The summed E-state index contributed by atoms with van der Waals surface area (Å²) in [5, 5.41) is 12.8. The number of carbonyl (C=O) groups excluding carboxylic acids is 1. The van der Waals surface area contributed by atoms with Crippen LogP contribution in [0.5, 0.6) is 0 Å². The first-order valence-corrected chi connectivity index (χ1v) is 5.46. The number of hydrogen-bond acceptors (Lipinski definition) is 5. The van der Waals surface area contributed by atoms with E-state index < -0.39 is 10.9 Å². The van der Waals surface area contributed by atoms with Gasteiger partial charge in [-0.1, -0.05) is 11.2 Å². The van der Waals surface area contributed by atoms with E-state index in [2.05, 4.69) is 9.99 Å². The molecule has 0 aliphatic rings. The normalized spacial score (nSPS) is 11.1. The molecule has 0 radical (unpaired) electrons. The number of amidine groups is 1. The van der Waals surface area contributed by atoms with E-state index in [0.717, 1.165) is 0 Å². The van der Waals surface area contributed by atoms with Crippen LogP contribution in [0.4, 0.5) is 5.69 Å². The van der Waals surface area contributed by atoms with Crippen LogP contribution in [0.15, 0.2) is 47.1 Å². The number of non-ortho nitro benzene ring substituents is 1. The third-order valence-corrected chi connectivity index (χ3v) is 2.34. The van der Waals surface area contributed by atoms with Gasteiger partial charge in [0.25, 0.3) is 5.69 Å². The van der Waals surface area contributed by atoms with Crippen molar-refractivity contribution in [2.24, 2.45) is 5.73 Å². The molecule has 102 valence electrons. The number of nitrogen functional groups attached to an aromatic ring is 1. The fraction of sp³-hybridized carbons (Fsp3) is 0. The van der Waals surface area contributed by atoms with Gasteiger partial charge in [-0.2, -0.15) is 0 Å². The predicted octanol–water partition coefficient (Wildman–Crippen LogP) is -0.254. The first-order valence-electron chi connectivity index (χ1n) is 5.46. The van der Waals surface area contributed by atoms with Crippen molar-refractivity contribution >= 4 is 17.5 Å². The molecule has 0 fully saturated rings. The summed E-state index contributed by atoms with van der Waals surface area (Å²) < 4.78 is 4.83. The van der Waals surface area contributed by atoms with Gasteiger partial charge in [-0.3, -0.25) is 20.7 Å². The van der Waals surface area contributed by atoms with Crippen molar-refractivity contribution in [3.63, 3.8) is 0 Å². The molecule has 0 aliphatic heterocycles. The van der Waals surface area contributed by atoms with Gasteiger partial charge in [-0.05, 0) is 18.2 Å². The Labute approximate surface area is 112 Å². The average molecular weight is 276 g/mol. The van der Waals surface area contributed by atoms with Crippen molar-refractivity contribution in [1.29, 1.82) is 0 Å². The van der Waals surface area contributed by atoms with E-state index in [1.165, 1.54) is 42.7 Å². The summed E-state index contributed by atoms with van der Waals surface area (Å²) in [5.74, 6) is -0.790. The van der Waals surface area contributed by atoms with E-state index in [1.807, 2.05) is 0 Å². The number of rotatable bonds is 4. The predicted molar refractivity (Wildman–Crippen MR) is 66.5 cm³/mol. The number of benzene rings is 1. The molecular weight excluding hydrogens is 266 g/mol. The van der Waals surface area contributed by atoms with Gasteiger partial charge in [0.05, 0.1) is 16.7 Å². The lowest BCUT2D eigenvalue weighted by atomic mass is 10.2. The molecule has 2 rings (SSSR count). The minimum Gasteiger partial charge on any atom is -0.457 e. The molecule has 0 amide bonds. The molecule has 1 heterocycles. The van der Waals surface area contributed by atoms with E-state index in [0.29, 0.717) is 5.56 Å². The number of nitrogens with zero attached hydrogens (tertiary/aromatic N) is 1. The van der Waals surface area contributed by atoms with Crippen LogP contribution in [0.1, 0.15) is 16.1 Å². The summed E-state index contributed by atoms with van der Waals surface area (Å²) in [6.07, 6.45) is 1.32. The Hall–Kier alpha value is -3.16. The summed E-state index contributed by atoms with van der Waals surface area (Å²) in [7, 11) is 0. The zero-order valence-corrected chi connectivity index (χ0v) is 10.1. The minimum atomic E-state index is -0.761. The molecule has 0 unspecified atom stereocenters. The smallest absolute Gasteiger partial charge is 0.422 e. The molecule has 8 nitrogen and oxygen atoms in total. The van der Waals surface area contributed by atoms with Gasteiger partial charge in [-0.25, -0.2) is 4.79 Å². The van der Waals surface area contributed by atoms with Crippen LogP contribution in [-0.2, 0) is 4.84 Å². The summed E-state index contributed by atoms with van der Waals surface area (Å²) in [6, 6.07) is 8.54.